The lowest BCUT2D eigenvalue weighted by Gasteiger charge is -2.33. The molecule has 6 heteroatoms. The van der Waals surface area contributed by atoms with E-state index in [1.54, 1.807) is 21.6 Å². The first-order valence-electron chi connectivity index (χ1n) is 10.4. The van der Waals surface area contributed by atoms with Gasteiger partial charge in [-0.25, -0.2) is 9.98 Å². The number of ether oxygens (including phenoxy) is 2. The fourth-order valence-electron chi connectivity index (χ4n) is 3.29. The molecule has 0 saturated heterocycles. The number of aliphatic imine (C=N–C) groups is 2. The molecule has 0 spiro atoms. The van der Waals surface area contributed by atoms with Gasteiger partial charge in [0.25, 0.3) is 0 Å². The van der Waals surface area contributed by atoms with Gasteiger partial charge in [-0.1, -0.05) is 85.7 Å². The van der Waals surface area contributed by atoms with Gasteiger partial charge >= 0.3 is 0 Å². The summed E-state index contributed by atoms with van der Waals surface area (Å²) in [5, 5.41) is 0. The average molecular weight is 441 g/mol. The second kappa shape index (κ2) is 8.67. The summed E-state index contributed by atoms with van der Waals surface area (Å²) in [5.74, 6) is 2.10. The quantitative estimate of drug-likeness (QED) is 0.493. The Bertz CT molecular complexity index is 853. The van der Waals surface area contributed by atoms with Crippen molar-refractivity contribution in [3.8, 4) is 0 Å². The van der Waals surface area contributed by atoms with E-state index in [-0.39, 0.29) is 9.74 Å². The Balaban J connectivity index is 1.58. The third-order valence-electron chi connectivity index (χ3n) is 5.59. The molecule has 4 nitrogen and oxygen atoms in total. The van der Waals surface area contributed by atoms with E-state index in [4.69, 9.17) is 19.5 Å². The van der Waals surface area contributed by atoms with Crippen molar-refractivity contribution in [2.75, 3.05) is 13.2 Å². The maximum atomic E-state index is 6.06. The van der Waals surface area contributed by atoms with Gasteiger partial charge in [0.15, 0.2) is 9.74 Å². The summed E-state index contributed by atoms with van der Waals surface area (Å²) in [5.41, 5.74) is 2.05. The normalized spacial score (nSPS) is 25.8. The molecule has 2 heterocycles. The maximum absolute atomic E-state index is 6.06. The molecule has 2 aromatic rings. The van der Waals surface area contributed by atoms with Gasteiger partial charge in [-0.3, -0.25) is 0 Å². The van der Waals surface area contributed by atoms with Crippen molar-refractivity contribution >= 4 is 33.4 Å². The minimum Gasteiger partial charge on any atom is -0.474 e. The first-order valence-corrected chi connectivity index (χ1v) is 12.5. The lowest BCUT2D eigenvalue weighted by Crippen LogP contribution is -2.34. The number of nitrogens with zero attached hydrogens (tertiary/aromatic N) is 2. The van der Waals surface area contributed by atoms with Gasteiger partial charge in [0.2, 0.25) is 11.8 Å². The van der Waals surface area contributed by atoms with Gasteiger partial charge in [0.1, 0.15) is 13.2 Å². The smallest absolute Gasteiger partial charge is 0.217 e. The summed E-state index contributed by atoms with van der Waals surface area (Å²) in [6.07, 6.45) is 0. The van der Waals surface area contributed by atoms with Gasteiger partial charge in [0.05, 0.1) is 0 Å². The number of hydrogen-bond donors (Lipinski definition) is 0. The van der Waals surface area contributed by atoms with E-state index in [2.05, 4.69) is 27.7 Å². The minimum absolute atomic E-state index is 0.320. The molecule has 0 amide bonds. The minimum atomic E-state index is -0.344. The zero-order valence-electron chi connectivity index (χ0n) is 17.9. The molecule has 0 radical (unpaired) electrons. The van der Waals surface area contributed by atoms with Gasteiger partial charge in [0, 0.05) is 11.1 Å². The molecule has 0 bridgehead atoms. The highest BCUT2D eigenvalue weighted by Gasteiger charge is 2.47. The fourth-order valence-corrected chi connectivity index (χ4v) is 6.95. The highest BCUT2D eigenvalue weighted by Crippen LogP contribution is 2.54. The SMILES string of the molecule is CC(C)[C@]1(SS[C@@]2(C(C)C)COC(c3ccccc3)=N2)COC(c2ccccc2)=N1. The summed E-state index contributed by atoms with van der Waals surface area (Å²) < 4.78 is 12.1. The van der Waals surface area contributed by atoms with E-state index in [1.165, 1.54) is 0 Å². The van der Waals surface area contributed by atoms with Crippen molar-refractivity contribution in [2.24, 2.45) is 21.8 Å². The van der Waals surface area contributed by atoms with Gasteiger partial charge in [-0.05, 0) is 36.1 Å². The fraction of sp³-hybridized carbons (Fsp3) is 0.417. The third-order valence-corrected chi connectivity index (χ3v) is 9.59. The standard InChI is InChI=1S/C24H28N2O2S2/c1-17(2)23(15-27-21(25-23)19-11-7-5-8-12-19)29-30-24(18(3)4)16-28-22(26-24)20-13-9-6-10-14-20/h5-14,17-18H,15-16H2,1-4H3/t23-,24-/m1/s1. The molecule has 4 rings (SSSR count). The van der Waals surface area contributed by atoms with E-state index in [1.807, 2.05) is 60.7 Å². The van der Waals surface area contributed by atoms with Crippen molar-refractivity contribution in [1.29, 1.82) is 0 Å². The zero-order chi connectivity index (χ0) is 21.2. The molecular formula is C24H28N2O2S2. The molecule has 2 aromatic carbocycles. The first-order chi connectivity index (χ1) is 14.4. The van der Waals surface area contributed by atoms with E-state index < -0.39 is 0 Å². The molecular weight excluding hydrogens is 412 g/mol. The van der Waals surface area contributed by atoms with Crippen molar-refractivity contribution in [3.63, 3.8) is 0 Å². The van der Waals surface area contributed by atoms with Crippen molar-refractivity contribution in [1.82, 2.24) is 0 Å². The van der Waals surface area contributed by atoms with Crippen LogP contribution in [0.4, 0.5) is 0 Å². The van der Waals surface area contributed by atoms with Crippen LogP contribution < -0.4 is 0 Å². The predicted molar refractivity (Wildman–Crippen MR) is 128 cm³/mol. The molecule has 0 N–H and O–H groups in total. The summed E-state index contributed by atoms with van der Waals surface area (Å²) in [4.78, 5) is 9.44. The second-order valence-electron chi connectivity index (χ2n) is 8.31. The van der Waals surface area contributed by atoms with Crippen molar-refractivity contribution in [3.05, 3.63) is 71.8 Å². The summed E-state index contributed by atoms with van der Waals surface area (Å²) in [6.45, 7) is 9.97. The Kier molecular flexibility index (Phi) is 6.16. The number of rotatable bonds is 7. The maximum Gasteiger partial charge on any atom is 0.217 e. The van der Waals surface area contributed by atoms with Crippen LogP contribution in [0.2, 0.25) is 0 Å². The predicted octanol–water partition coefficient (Wildman–Crippen LogP) is 6.03. The second-order valence-corrected chi connectivity index (χ2v) is 11.1. The molecule has 30 heavy (non-hydrogen) atoms. The summed E-state index contributed by atoms with van der Waals surface area (Å²) in [7, 11) is 3.55. The molecule has 158 valence electrons. The highest BCUT2D eigenvalue weighted by atomic mass is 33.1. The largest absolute Gasteiger partial charge is 0.474 e. The van der Waals surface area contributed by atoms with Crippen molar-refractivity contribution < 1.29 is 9.47 Å². The van der Waals surface area contributed by atoms with Gasteiger partial charge < -0.3 is 9.47 Å². The van der Waals surface area contributed by atoms with Crippen LogP contribution in [-0.4, -0.2) is 34.8 Å². The van der Waals surface area contributed by atoms with Gasteiger partial charge in [-0.15, -0.1) is 0 Å². The average Bonchev–Trinajstić information content (AvgIpc) is 3.40. The third kappa shape index (κ3) is 4.12. The van der Waals surface area contributed by atoms with Crippen LogP contribution >= 0.6 is 21.6 Å². The van der Waals surface area contributed by atoms with Crippen LogP contribution in [-0.2, 0) is 9.47 Å². The van der Waals surface area contributed by atoms with Crippen LogP contribution in [0.5, 0.6) is 0 Å². The Labute approximate surface area is 187 Å². The Hall–Kier alpha value is -1.92. The first kappa shape index (κ1) is 21.3. The van der Waals surface area contributed by atoms with E-state index in [0.717, 1.165) is 22.9 Å². The number of hydrogen-bond acceptors (Lipinski definition) is 6. The van der Waals surface area contributed by atoms with Crippen LogP contribution in [0.1, 0.15) is 38.8 Å². The zero-order valence-corrected chi connectivity index (χ0v) is 19.5. The molecule has 2 aliphatic rings. The van der Waals surface area contributed by atoms with Crippen molar-refractivity contribution in [2.45, 2.75) is 37.4 Å². The molecule has 0 aliphatic carbocycles. The Morgan fingerprint density at radius 2 is 1.03 bits per heavy atom. The lowest BCUT2D eigenvalue weighted by atomic mass is 10.1. The molecule has 0 unspecified atom stereocenters. The van der Waals surface area contributed by atoms with E-state index >= 15 is 0 Å². The number of benzene rings is 2. The lowest BCUT2D eigenvalue weighted by molar-refractivity contribution is 0.272. The Morgan fingerprint density at radius 1 is 0.667 bits per heavy atom. The summed E-state index contributed by atoms with van der Waals surface area (Å²) >= 11 is 0. The van der Waals surface area contributed by atoms with Crippen LogP contribution in [0.3, 0.4) is 0 Å². The monoisotopic (exact) mass is 440 g/mol. The Morgan fingerprint density at radius 3 is 1.37 bits per heavy atom. The van der Waals surface area contributed by atoms with Gasteiger partial charge in [-0.2, -0.15) is 0 Å². The molecule has 0 fully saturated rings. The van der Waals surface area contributed by atoms with Crippen LogP contribution in [0.25, 0.3) is 0 Å². The van der Waals surface area contributed by atoms with Crippen LogP contribution in [0.15, 0.2) is 70.6 Å². The summed E-state index contributed by atoms with van der Waals surface area (Å²) in [6, 6.07) is 20.3. The molecule has 2 aliphatic heterocycles. The van der Waals surface area contributed by atoms with E-state index in [0.29, 0.717) is 25.0 Å². The highest BCUT2D eigenvalue weighted by molar-refractivity contribution is 8.77. The molecule has 0 saturated carbocycles. The molecule has 2 atom stereocenters. The van der Waals surface area contributed by atoms with Crippen LogP contribution in [0, 0.1) is 11.8 Å². The molecule has 0 aromatic heterocycles. The topological polar surface area (TPSA) is 43.2 Å². The van der Waals surface area contributed by atoms with E-state index in [9.17, 15) is 0 Å².